The summed E-state index contributed by atoms with van der Waals surface area (Å²) in [4.78, 5) is 19.8. The highest BCUT2D eigenvalue weighted by Gasteiger charge is 2.29. The summed E-state index contributed by atoms with van der Waals surface area (Å²) in [7, 11) is -3.24. The van der Waals surface area contributed by atoms with E-state index in [0.717, 1.165) is 17.7 Å². The minimum Gasteiger partial charge on any atom is -0.493 e. The second-order valence-corrected chi connectivity index (χ2v) is 8.98. The van der Waals surface area contributed by atoms with Gasteiger partial charge in [0, 0.05) is 12.0 Å². The highest BCUT2D eigenvalue weighted by Crippen LogP contribution is 2.17. The molecular formula is C19H24O3Si. The molecule has 0 aliphatic heterocycles. The summed E-state index contributed by atoms with van der Waals surface area (Å²) in [6.45, 7) is 4.29. The van der Waals surface area contributed by atoms with Gasteiger partial charge in [0.2, 0.25) is 0 Å². The lowest BCUT2D eigenvalue weighted by atomic mass is 10.1. The van der Waals surface area contributed by atoms with Gasteiger partial charge in [0.05, 0.1) is 6.61 Å². The molecule has 0 amide bonds. The van der Waals surface area contributed by atoms with Crippen molar-refractivity contribution in [2.45, 2.75) is 25.8 Å². The average Bonchev–Trinajstić information content (AvgIpc) is 2.55. The van der Waals surface area contributed by atoms with Crippen molar-refractivity contribution < 1.29 is 14.3 Å². The summed E-state index contributed by atoms with van der Waals surface area (Å²) in [6.07, 6.45) is 2.63. The summed E-state index contributed by atoms with van der Waals surface area (Å²) in [6, 6.07) is 17.8. The van der Waals surface area contributed by atoms with Crippen LogP contribution in [0.2, 0.25) is 5.54 Å². The van der Waals surface area contributed by atoms with Crippen molar-refractivity contribution >= 4 is 14.6 Å². The first kappa shape index (κ1) is 17.5. The van der Waals surface area contributed by atoms with Gasteiger partial charge in [-0.05, 0) is 29.0 Å². The zero-order chi connectivity index (χ0) is 16.7. The molecule has 2 aromatic carbocycles. The van der Waals surface area contributed by atoms with Gasteiger partial charge in [-0.25, -0.2) is 0 Å². The third-order valence-electron chi connectivity index (χ3n) is 3.75. The average molecular weight is 328 g/mol. The number of hydrogen-bond acceptors (Lipinski definition) is 3. The molecule has 0 radical (unpaired) electrons. The van der Waals surface area contributed by atoms with E-state index in [4.69, 9.17) is 4.74 Å². The maximum Gasteiger partial charge on any atom is 0.362 e. The van der Waals surface area contributed by atoms with Crippen LogP contribution in [0.5, 0.6) is 5.75 Å². The first-order valence-corrected chi connectivity index (χ1v) is 9.93. The van der Waals surface area contributed by atoms with Gasteiger partial charge in [0.1, 0.15) is 5.75 Å². The number of rotatable bonds is 7. The van der Waals surface area contributed by atoms with Gasteiger partial charge >= 0.3 is 8.56 Å². The van der Waals surface area contributed by atoms with Crippen molar-refractivity contribution in [1.29, 1.82) is 0 Å². The maximum atomic E-state index is 9.92. The molecule has 2 N–H and O–H groups in total. The highest BCUT2D eigenvalue weighted by atomic mass is 28.4. The van der Waals surface area contributed by atoms with E-state index >= 15 is 0 Å². The number of hydrogen-bond donors (Lipinski definition) is 2. The predicted octanol–water partition coefficient (Wildman–Crippen LogP) is 3.70. The largest absolute Gasteiger partial charge is 0.493 e. The van der Waals surface area contributed by atoms with E-state index in [9.17, 15) is 9.59 Å². The SMILES string of the molecule is CC(C)[Si](O)(O)/C=C/c1ccc(CCOc2ccccc2)cc1. The van der Waals surface area contributed by atoms with Crippen molar-refractivity contribution in [3.63, 3.8) is 0 Å². The molecule has 122 valence electrons. The molecule has 0 fully saturated rings. The molecular weight excluding hydrogens is 304 g/mol. The molecule has 0 saturated heterocycles. The lowest BCUT2D eigenvalue weighted by Gasteiger charge is -2.17. The number of para-hydroxylation sites is 1. The molecule has 0 aliphatic rings. The monoisotopic (exact) mass is 328 g/mol. The van der Waals surface area contributed by atoms with Gasteiger partial charge in [-0.2, -0.15) is 0 Å². The molecule has 0 atom stereocenters. The fourth-order valence-electron chi connectivity index (χ4n) is 2.01. The number of ether oxygens (including phenoxy) is 1. The van der Waals surface area contributed by atoms with Crippen LogP contribution in [0.15, 0.2) is 60.3 Å². The van der Waals surface area contributed by atoms with Crippen LogP contribution in [0, 0.1) is 0 Å². The third-order valence-corrected chi connectivity index (χ3v) is 6.11. The minimum atomic E-state index is -3.24. The van der Waals surface area contributed by atoms with Gasteiger partial charge in [-0.1, -0.05) is 62.4 Å². The summed E-state index contributed by atoms with van der Waals surface area (Å²) >= 11 is 0. The fraction of sp³-hybridized carbons (Fsp3) is 0.263. The molecule has 0 heterocycles. The molecule has 0 saturated carbocycles. The summed E-state index contributed by atoms with van der Waals surface area (Å²) in [5.74, 6) is 0.882. The van der Waals surface area contributed by atoms with Crippen molar-refractivity contribution in [3.8, 4) is 5.75 Å². The Bertz CT molecular complexity index is 619. The topological polar surface area (TPSA) is 49.7 Å². The van der Waals surface area contributed by atoms with Crippen molar-refractivity contribution in [2.75, 3.05) is 6.61 Å². The Morgan fingerprint density at radius 3 is 2.26 bits per heavy atom. The van der Waals surface area contributed by atoms with Gasteiger partial charge < -0.3 is 14.3 Å². The lowest BCUT2D eigenvalue weighted by Crippen LogP contribution is -2.35. The molecule has 0 unspecified atom stereocenters. The van der Waals surface area contributed by atoms with Crippen LogP contribution in [0.25, 0.3) is 6.08 Å². The van der Waals surface area contributed by atoms with Crippen LogP contribution in [0.3, 0.4) is 0 Å². The third kappa shape index (κ3) is 5.67. The van der Waals surface area contributed by atoms with Crippen LogP contribution in [0.1, 0.15) is 25.0 Å². The molecule has 4 heteroatoms. The summed E-state index contributed by atoms with van der Waals surface area (Å²) in [5, 5.41) is 0. The molecule has 2 aromatic rings. The Balaban J connectivity index is 1.86. The Morgan fingerprint density at radius 1 is 1.00 bits per heavy atom. The van der Waals surface area contributed by atoms with E-state index in [0.29, 0.717) is 6.61 Å². The van der Waals surface area contributed by atoms with Crippen molar-refractivity contribution in [1.82, 2.24) is 0 Å². The van der Waals surface area contributed by atoms with E-state index in [-0.39, 0.29) is 5.54 Å². The van der Waals surface area contributed by atoms with Crippen LogP contribution < -0.4 is 4.74 Å². The quantitative estimate of drug-likeness (QED) is 0.762. The number of benzene rings is 2. The van der Waals surface area contributed by atoms with Gasteiger partial charge in [0.15, 0.2) is 0 Å². The van der Waals surface area contributed by atoms with E-state index < -0.39 is 8.56 Å². The summed E-state index contributed by atoms with van der Waals surface area (Å²) < 4.78 is 5.68. The van der Waals surface area contributed by atoms with Gasteiger partial charge in [-0.15, -0.1) is 0 Å². The minimum absolute atomic E-state index is 0.117. The zero-order valence-electron chi connectivity index (χ0n) is 13.6. The first-order valence-electron chi connectivity index (χ1n) is 7.88. The second kappa shape index (κ2) is 8.11. The molecule has 3 nitrogen and oxygen atoms in total. The van der Waals surface area contributed by atoms with Crippen LogP contribution >= 0.6 is 0 Å². The van der Waals surface area contributed by atoms with Crippen molar-refractivity contribution in [2.24, 2.45) is 0 Å². The lowest BCUT2D eigenvalue weighted by molar-refractivity contribution is 0.322. The molecule has 0 bridgehead atoms. The second-order valence-electron chi connectivity index (χ2n) is 5.92. The van der Waals surface area contributed by atoms with Gasteiger partial charge in [-0.3, -0.25) is 0 Å². The Labute approximate surface area is 139 Å². The normalized spacial score (nSPS) is 12.0. The maximum absolute atomic E-state index is 9.92. The smallest absolute Gasteiger partial charge is 0.362 e. The van der Waals surface area contributed by atoms with Gasteiger partial charge in [0.25, 0.3) is 0 Å². The van der Waals surface area contributed by atoms with E-state index in [1.807, 2.05) is 68.4 Å². The van der Waals surface area contributed by atoms with E-state index in [1.165, 1.54) is 5.56 Å². The highest BCUT2D eigenvalue weighted by molar-refractivity contribution is 6.72. The van der Waals surface area contributed by atoms with E-state index in [1.54, 1.807) is 11.8 Å². The molecule has 0 spiro atoms. The molecule has 23 heavy (non-hydrogen) atoms. The van der Waals surface area contributed by atoms with E-state index in [2.05, 4.69) is 0 Å². The van der Waals surface area contributed by atoms with Crippen LogP contribution in [0.4, 0.5) is 0 Å². The Morgan fingerprint density at radius 2 is 1.65 bits per heavy atom. The molecule has 2 rings (SSSR count). The molecule has 0 aliphatic carbocycles. The molecule has 0 aromatic heterocycles. The van der Waals surface area contributed by atoms with Crippen LogP contribution in [-0.2, 0) is 6.42 Å². The summed E-state index contributed by atoms with van der Waals surface area (Å²) in [5.41, 5.74) is 3.61. The fourth-order valence-corrected chi connectivity index (χ4v) is 2.83. The standard InChI is InChI=1S/C19H24O3Si/c1-16(2)23(20,21)15-13-18-10-8-17(9-11-18)12-14-22-19-6-4-3-5-7-19/h3-11,13,15-16,20-21H,12,14H2,1-2H3/b15-13+. The van der Waals surface area contributed by atoms with Crippen LogP contribution in [-0.4, -0.2) is 24.8 Å². The Kier molecular flexibility index (Phi) is 6.16. The zero-order valence-corrected chi connectivity index (χ0v) is 14.6. The van der Waals surface area contributed by atoms with Crippen molar-refractivity contribution in [3.05, 3.63) is 71.4 Å². The Hall–Kier alpha value is -1.88. The predicted molar refractivity (Wildman–Crippen MR) is 96.4 cm³/mol. The first-order chi connectivity index (χ1) is 11.0.